The van der Waals surface area contributed by atoms with E-state index in [0.717, 1.165) is 52.4 Å². The lowest BCUT2D eigenvalue weighted by Gasteiger charge is -2.17. The van der Waals surface area contributed by atoms with Crippen LogP contribution in [0.5, 0.6) is 5.75 Å². The summed E-state index contributed by atoms with van der Waals surface area (Å²) in [6.07, 6.45) is 3.20. The van der Waals surface area contributed by atoms with Gasteiger partial charge in [-0.25, -0.2) is 4.98 Å². The van der Waals surface area contributed by atoms with Gasteiger partial charge in [-0.3, -0.25) is 0 Å². The molecule has 3 rings (SSSR count). The van der Waals surface area contributed by atoms with Crippen LogP contribution in [0.1, 0.15) is 37.0 Å². The number of ether oxygens (including phenoxy) is 1. The zero-order valence-corrected chi connectivity index (χ0v) is 18.4. The first-order valence-electron chi connectivity index (χ1n) is 10.4. The first-order chi connectivity index (χ1) is 14.5. The van der Waals surface area contributed by atoms with Gasteiger partial charge in [0.1, 0.15) is 11.6 Å². The van der Waals surface area contributed by atoms with Crippen LogP contribution in [-0.2, 0) is 6.42 Å². The maximum Gasteiger partial charge on any atom is 0.259 e. The molecule has 1 aromatic carbocycles. The monoisotopic (exact) mass is 410 g/mol. The summed E-state index contributed by atoms with van der Waals surface area (Å²) < 4.78 is 11.4. The first-order valence-corrected chi connectivity index (χ1v) is 10.4. The van der Waals surface area contributed by atoms with E-state index in [-0.39, 0.29) is 6.61 Å². The van der Waals surface area contributed by atoms with Gasteiger partial charge in [0, 0.05) is 38.4 Å². The van der Waals surface area contributed by atoms with Crippen molar-refractivity contribution in [1.82, 2.24) is 15.1 Å². The molecule has 0 aliphatic rings. The lowest BCUT2D eigenvalue weighted by molar-refractivity contribution is 0.232. The van der Waals surface area contributed by atoms with Gasteiger partial charge >= 0.3 is 0 Å². The molecule has 0 saturated heterocycles. The molecule has 0 aliphatic heterocycles. The molecule has 0 amide bonds. The lowest BCUT2D eigenvalue weighted by Crippen LogP contribution is -2.18. The highest BCUT2D eigenvalue weighted by Crippen LogP contribution is 2.31. The van der Waals surface area contributed by atoms with Crippen LogP contribution in [0.3, 0.4) is 0 Å². The molecule has 0 saturated carbocycles. The van der Waals surface area contributed by atoms with E-state index in [1.807, 2.05) is 39.1 Å². The summed E-state index contributed by atoms with van der Waals surface area (Å²) in [5.74, 6) is 2.80. The Balaban J connectivity index is 1.89. The second-order valence-corrected chi connectivity index (χ2v) is 7.36. The van der Waals surface area contributed by atoms with Gasteiger partial charge in [-0.1, -0.05) is 12.1 Å². The van der Waals surface area contributed by atoms with Crippen molar-refractivity contribution < 1.29 is 14.4 Å². The summed E-state index contributed by atoms with van der Waals surface area (Å²) in [5.41, 5.74) is 4.85. The van der Waals surface area contributed by atoms with Crippen molar-refractivity contribution in [1.29, 1.82) is 0 Å². The zero-order valence-electron chi connectivity index (χ0n) is 18.4. The van der Waals surface area contributed by atoms with E-state index in [2.05, 4.69) is 33.9 Å². The third-order valence-corrected chi connectivity index (χ3v) is 5.10. The van der Waals surface area contributed by atoms with Crippen molar-refractivity contribution in [2.24, 2.45) is 0 Å². The summed E-state index contributed by atoms with van der Waals surface area (Å²) in [4.78, 5) is 11.3. The topological polar surface area (TPSA) is 84.5 Å². The quantitative estimate of drug-likeness (QED) is 0.529. The largest absolute Gasteiger partial charge is 0.493 e. The predicted octanol–water partition coefficient (Wildman–Crippen LogP) is 4.20. The molecule has 0 atom stereocenters. The molecule has 7 heteroatoms. The molecule has 7 nitrogen and oxygen atoms in total. The van der Waals surface area contributed by atoms with Crippen molar-refractivity contribution >= 4 is 5.82 Å². The minimum atomic E-state index is 0.119. The summed E-state index contributed by atoms with van der Waals surface area (Å²) in [6.45, 7) is 9.71. The van der Waals surface area contributed by atoms with Crippen LogP contribution in [0.15, 0.2) is 28.9 Å². The number of aromatic nitrogens is 3. The number of pyridine rings is 1. The highest BCUT2D eigenvalue weighted by Gasteiger charge is 2.16. The molecular weight excluding hydrogens is 380 g/mol. The van der Waals surface area contributed by atoms with E-state index in [9.17, 15) is 0 Å². The van der Waals surface area contributed by atoms with E-state index in [1.165, 1.54) is 0 Å². The Morgan fingerprint density at radius 3 is 2.53 bits per heavy atom. The van der Waals surface area contributed by atoms with Gasteiger partial charge in [0.25, 0.3) is 5.89 Å². The number of aliphatic hydroxyl groups is 1. The Kier molecular flexibility index (Phi) is 7.05. The van der Waals surface area contributed by atoms with Crippen LogP contribution in [-0.4, -0.2) is 47.0 Å². The highest BCUT2D eigenvalue weighted by molar-refractivity contribution is 5.64. The Hall–Kier alpha value is -2.93. The number of benzene rings is 1. The molecule has 0 spiro atoms. The van der Waals surface area contributed by atoms with Crippen molar-refractivity contribution in [2.75, 3.05) is 31.7 Å². The van der Waals surface area contributed by atoms with Crippen LogP contribution in [0.25, 0.3) is 22.8 Å². The van der Waals surface area contributed by atoms with Gasteiger partial charge in [0.05, 0.1) is 12.2 Å². The number of anilines is 1. The standard InChI is InChI=1S/C23H30N4O3/c1-6-17-13-18(11-15(3)20(17)29-10-8-9-28)21-25-23(30-26-21)19-12-16(4)22(24-14-19)27(5)7-2/h11-14,28H,6-10H2,1-5H3. The smallest absolute Gasteiger partial charge is 0.259 e. The Morgan fingerprint density at radius 2 is 1.87 bits per heavy atom. The van der Waals surface area contributed by atoms with Crippen LogP contribution >= 0.6 is 0 Å². The van der Waals surface area contributed by atoms with Crippen molar-refractivity contribution in [3.8, 4) is 28.6 Å². The van der Waals surface area contributed by atoms with E-state index in [4.69, 9.17) is 14.4 Å². The number of hydrogen-bond donors (Lipinski definition) is 1. The summed E-state index contributed by atoms with van der Waals surface area (Å²) in [5, 5.41) is 13.2. The molecule has 0 unspecified atom stereocenters. The van der Waals surface area contributed by atoms with Crippen molar-refractivity contribution in [3.63, 3.8) is 0 Å². The number of aryl methyl sites for hydroxylation is 3. The van der Waals surface area contributed by atoms with E-state index in [0.29, 0.717) is 24.7 Å². The number of nitrogens with zero attached hydrogens (tertiary/aromatic N) is 4. The molecule has 1 N–H and O–H groups in total. The van der Waals surface area contributed by atoms with Gasteiger partial charge in [-0.05, 0) is 62.1 Å². The van der Waals surface area contributed by atoms with Crippen molar-refractivity contribution in [3.05, 3.63) is 41.1 Å². The number of hydrogen-bond acceptors (Lipinski definition) is 7. The van der Waals surface area contributed by atoms with Crippen LogP contribution < -0.4 is 9.64 Å². The van der Waals surface area contributed by atoms with E-state index >= 15 is 0 Å². The molecule has 0 radical (unpaired) electrons. The highest BCUT2D eigenvalue weighted by atomic mass is 16.5. The average Bonchev–Trinajstić information content (AvgIpc) is 3.24. The van der Waals surface area contributed by atoms with Crippen LogP contribution in [0.4, 0.5) is 5.82 Å². The molecular formula is C23H30N4O3. The summed E-state index contributed by atoms with van der Waals surface area (Å²) in [6, 6.07) is 6.07. The maximum absolute atomic E-state index is 8.99. The average molecular weight is 411 g/mol. The van der Waals surface area contributed by atoms with Gasteiger partial charge in [0.15, 0.2) is 0 Å². The number of aliphatic hydroxyl groups excluding tert-OH is 1. The SMILES string of the molecule is CCc1cc(-c2noc(-c3cnc(N(C)CC)c(C)c3)n2)cc(C)c1OCCCO. The van der Waals surface area contributed by atoms with E-state index < -0.39 is 0 Å². The van der Waals surface area contributed by atoms with Gasteiger partial charge in [-0.2, -0.15) is 4.98 Å². The Bertz CT molecular complexity index is 1000. The molecule has 3 aromatic rings. The minimum absolute atomic E-state index is 0.119. The fraction of sp³-hybridized carbons (Fsp3) is 0.435. The molecule has 0 fully saturated rings. The zero-order chi connectivity index (χ0) is 21.7. The summed E-state index contributed by atoms with van der Waals surface area (Å²) >= 11 is 0. The molecule has 160 valence electrons. The molecule has 2 aromatic heterocycles. The lowest BCUT2D eigenvalue weighted by atomic mass is 10.0. The van der Waals surface area contributed by atoms with Crippen LogP contribution in [0.2, 0.25) is 0 Å². The van der Waals surface area contributed by atoms with Crippen molar-refractivity contribution in [2.45, 2.75) is 40.5 Å². The van der Waals surface area contributed by atoms with Gasteiger partial charge < -0.3 is 19.3 Å². The third-order valence-electron chi connectivity index (χ3n) is 5.10. The summed E-state index contributed by atoms with van der Waals surface area (Å²) in [7, 11) is 2.02. The Morgan fingerprint density at radius 1 is 1.10 bits per heavy atom. The fourth-order valence-corrected chi connectivity index (χ4v) is 3.38. The second-order valence-electron chi connectivity index (χ2n) is 7.36. The predicted molar refractivity (Wildman–Crippen MR) is 118 cm³/mol. The second kappa shape index (κ2) is 9.71. The molecule has 30 heavy (non-hydrogen) atoms. The maximum atomic E-state index is 8.99. The number of rotatable bonds is 9. The Labute approximate surface area is 177 Å². The molecule has 2 heterocycles. The fourth-order valence-electron chi connectivity index (χ4n) is 3.38. The van der Waals surface area contributed by atoms with Crippen LogP contribution in [0, 0.1) is 13.8 Å². The minimum Gasteiger partial charge on any atom is -0.493 e. The van der Waals surface area contributed by atoms with E-state index in [1.54, 1.807) is 6.20 Å². The van der Waals surface area contributed by atoms with Gasteiger partial charge in [-0.15, -0.1) is 0 Å². The normalized spacial score (nSPS) is 11.0. The first kappa shape index (κ1) is 21.8. The molecule has 0 bridgehead atoms. The van der Waals surface area contributed by atoms with Gasteiger partial charge in [0.2, 0.25) is 5.82 Å². The molecule has 0 aliphatic carbocycles. The third kappa shape index (κ3) is 4.62.